The lowest BCUT2D eigenvalue weighted by Gasteiger charge is -2.25. The molecule has 1 saturated heterocycles. The zero-order chi connectivity index (χ0) is 28.5. The Hall–Kier alpha value is -3.36. The SMILES string of the molecule is COC(=O)[C@H](C)NP(=O)(OC[C@H]1O[C@@H](n2cnc3c(N(C)C)nc(N)nc32)[C@](C)(F)[C@@H]1O)Oc1ccccc1. The molecule has 1 aliphatic rings. The van der Waals surface area contributed by atoms with Crippen molar-refractivity contribution in [3.63, 3.8) is 0 Å². The molecule has 16 heteroatoms. The van der Waals surface area contributed by atoms with Crippen LogP contribution in [-0.2, 0) is 23.4 Å². The molecule has 6 atom stereocenters. The molecule has 212 valence electrons. The number of nitrogens with two attached hydrogens (primary N) is 1. The van der Waals surface area contributed by atoms with Crippen molar-refractivity contribution >= 4 is 36.6 Å². The van der Waals surface area contributed by atoms with E-state index in [2.05, 4.69) is 24.8 Å². The van der Waals surface area contributed by atoms with Crippen molar-refractivity contribution in [2.75, 3.05) is 38.4 Å². The normalized spacial score (nSPS) is 25.3. The van der Waals surface area contributed by atoms with Gasteiger partial charge >= 0.3 is 13.7 Å². The second-order valence-electron chi connectivity index (χ2n) is 9.32. The number of nitrogens with one attached hydrogen (secondary N) is 1. The molecule has 2 aromatic heterocycles. The topological polar surface area (TPSA) is 176 Å². The number of nitrogens with zero attached hydrogens (tertiary/aromatic N) is 5. The molecule has 0 aliphatic carbocycles. The van der Waals surface area contributed by atoms with Crippen molar-refractivity contribution in [3.8, 4) is 5.75 Å². The Labute approximate surface area is 223 Å². The second-order valence-corrected chi connectivity index (χ2v) is 11.0. The largest absolute Gasteiger partial charge is 0.468 e. The number of carbonyl (C=O) groups excluding carboxylic acids is 1. The molecule has 0 amide bonds. The number of alkyl halides is 1. The molecule has 3 aromatic rings. The Kier molecular flexibility index (Phi) is 8.09. The highest BCUT2D eigenvalue weighted by Crippen LogP contribution is 2.48. The monoisotopic (exact) mass is 567 g/mol. The number of halogens is 1. The fraction of sp³-hybridized carbons (Fsp3) is 0.478. The van der Waals surface area contributed by atoms with Crippen LogP contribution in [0.5, 0.6) is 5.75 Å². The van der Waals surface area contributed by atoms with Gasteiger partial charge in [-0.05, 0) is 26.0 Å². The number of aromatic nitrogens is 4. The van der Waals surface area contributed by atoms with E-state index < -0.39 is 50.5 Å². The van der Waals surface area contributed by atoms with Crippen molar-refractivity contribution in [2.45, 2.75) is 44.0 Å². The van der Waals surface area contributed by atoms with E-state index in [0.29, 0.717) is 11.3 Å². The Morgan fingerprint density at radius 2 is 2.05 bits per heavy atom. The van der Waals surface area contributed by atoms with Crippen LogP contribution in [0, 0.1) is 0 Å². The Bertz CT molecular complexity index is 1370. The quantitative estimate of drug-likeness (QED) is 0.239. The van der Waals surface area contributed by atoms with Crippen molar-refractivity contribution < 1.29 is 37.4 Å². The molecule has 4 rings (SSSR count). The highest BCUT2D eigenvalue weighted by atomic mass is 31.2. The van der Waals surface area contributed by atoms with Crippen molar-refractivity contribution in [1.82, 2.24) is 24.6 Å². The van der Waals surface area contributed by atoms with Crippen LogP contribution in [0.25, 0.3) is 11.2 Å². The van der Waals surface area contributed by atoms with Crippen LogP contribution in [-0.4, -0.2) is 82.3 Å². The zero-order valence-electron chi connectivity index (χ0n) is 22.0. The van der Waals surface area contributed by atoms with Crippen LogP contribution in [0.3, 0.4) is 0 Å². The van der Waals surface area contributed by atoms with Gasteiger partial charge in [-0.25, -0.2) is 13.9 Å². The Morgan fingerprint density at radius 1 is 1.36 bits per heavy atom. The number of hydrogen-bond donors (Lipinski definition) is 3. The summed E-state index contributed by atoms with van der Waals surface area (Å²) >= 11 is 0. The van der Waals surface area contributed by atoms with Crippen LogP contribution in [0.2, 0.25) is 0 Å². The average molecular weight is 568 g/mol. The van der Waals surface area contributed by atoms with Gasteiger partial charge in [0.25, 0.3) is 0 Å². The van der Waals surface area contributed by atoms with E-state index in [4.69, 9.17) is 19.5 Å². The molecule has 0 spiro atoms. The number of carbonyl (C=O) groups is 1. The van der Waals surface area contributed by atoms with Gasteiger partial charge < -0.3 is 29.7 Å². The number of benzene rings is 1. The molecular weight excluding hydrogens is 536 g/mol. The number of anilines is 2. The second kappa shape index (κ2) is 11.0. The predicted octanol–water partition coefficient (Wildman–Crippen LogP) is 1.82. The van der Waals surface area contributed by atoms with Gasteiger partial charge in [-0.15, -0.1) is 0 Å². The highest BCUT2D eigenvalue weighted by molar-refractivity contribution is 7.52. The molecule has 3 heterocycles. The lowest BCUT2D eigenvalue weighted by molar-refractivity contribution is -0.142. The summed E-state index contributed by atoms with van der Waals surface area (Å²) < 4.78 is 52.5. The van der Waals surface area contributed by atoms with Crippen molar-refractivity contribution in [3.05, 3.63) is 36.7 Å². The first-order valence-electron chi connectivity index (χ1n) is 11.9. The van der Waals surface area contributed by atoms with Gasteiger partial charge in [0, 0.05) is 14.1 Å². The number of aliphatic hydroxyl groups excluding tert-OH is 1. The minimum Gasteiger partial charge on any atom is -0.468 e. The van der Waals surface area contributed by atoms with E-state index in [1.165, 1.54) is 37.1 Å². The summed E-state index contributed by atoms with van der Waals surface area (Å²) in [6, 6.07) is 7.03. The standard InChI is InChI=1S/C23H31FN7O7P/c1-13(20(33)35-5)29-39(34,38-14-9-7-6-8-10-14)36-11-15-17(32)23(2,24)21(37-15)31-12-26-16-18(30(3)4)27-22(25)28-19(16)31/h6-10,12-13,15,17,21,32H,11H2,1-5H3,(H,29,34)(H2,25,27,28)/t13-,15+,17+,21+,23+,39?/m0/s1. The maximum atomic E-state index is 16.0. The van der Waals surface area contributed by atoms with Crippen LogP contribution in [0.15, 0.2) is 36.7 Å². The third kappa shape index (κ3) is 5.82. The minimum atomic E-state index is -4.25. The fourth-order valence-electron chi connectivity index (χ4n) is 4.10. The summed E-state index contributed by atoms with van der Waals surface area (Å²) in [6.45, 7) is 2.00. The molecule has 0 saturated carbocycles. The van der Waals surface area contributed by atoms with E-state index in [-0.39, 0.29) is 17.3 Å². The molecule has 0 bridgehead atoms. The number of fused-ring (bicyclic) bond motifs is 1. The first-order chi connectivity index (χ1) is 18.4. The van der Waals surface area contributed by atoms with Crippen LogP contribution in [0.4, 0.5) is 16.2 Å². The van der Waals surface area contributed by atoms with Gasteiger partial charge in [0.1, 0.15) is 24.0 Å². The van der Waals surface area contributed by atoms with E-state index in [9.17, 15) is 14.5 Å². The summed E-state index contributed by atoms with van der Waals surface area (Å²) in [4.78, 5) is 26.3. The third-order valence-electron chi connectivity index (χ3n) is 6.10. The molecule has 1 aliphatic heterocycles. The van der Waals surface area contributed by atoms with Gasteiger partial charge in [-0.1, -0.05) is 18.2 Å². The number of nitrogen functional groups attached to an aromatic ring is 1. The minimum absolute atomic E-state index is 0.0586. The molecule has 39 heavy (non-hydrogen) atoms. The van der Waals surface area contributed by atoms with Crippen LogP contribution >= 0.6 is 7.75 Å². The van der Waals surface area contributed by atoms with Crippen molar-refractivity contribution in [2.24, 2.45) is 0 Å². The van der Waals surface area contributed by atoms with Gasteiger partial charge in [0.2, 0.25) is 5.95 Å². The first-order valence-corrected chi connectivity index (χ1v) is 13.4. The molecule has 1 aromatic carbocycles. The summed E-state index contributed by atoms with van der Waals surface area (Å²) in [7, 11) is 0.409. The van der Waals surface area contributed by atoms with Gasteiger partial charge in [0.15, 0.2) is 28.9 Å². The van der Waals surface area contributed by atoms with Crippen LogP contribution in [0.1, 0.15) is 20.1 Å². The Morgan fingerprint density at radius 3 is 2.69 bits per heavy atom. The number of aliphatic hydroxyl groups is 1. The molecule has 1 unspecified atom stereocenters. The molecule has 14 nitrogen and oxygen atoms in total. The average Bonchev–Trinajstić information content (AvgIpc) is 3.39. The predicted molar refractivity (Wildman–Crippen MR) is 139 cm³/mol. The van der Waals surface area contributed by atoms with E-state index in [1.54, 1.807) is 37.2 Å². The molecule has 4 N–H and O–H groups in total. The number of imidazole rings is 1. The van der Waals surface area contributed by atoms with Gasteiger partial charge in [0.05, 0.1) is 20.0 Å². The van der Waals surface area contributed by atoms with Crippen LogP contribution < -0.4 is 20.2 Å². The summed E-state index contributed by atoms with van der Waals surface area (Å²) in [5, 5.41) is 13.3. The number of ether oxygens (including phenoxy) is 2. The Balaban J connectivity index is 1.59. The molecular formula is C23H31FN7O7P. The van der Waals surface area contributed by atoms with Gasteiger partial charge in [-0.3, -0.25) is 13.9 Å². The third-order valence-corrected chi connectivity index (χ3v) is 7.74. The first kappa shape index (κ1) is 28.6. The zero-order valence-corrected chi connectivity index (χ0v) is 22.9. The number of hydrogen-bond acceptors (Lipinski definition) is 12. The molecule has 1 fully saturated rings. The maximum Gasteiger partial charge on any atom is 0.459 e. The van der Waals surface area contributed by atoms with E-state index in [0.717, 1.165) is 6.92 Å². The molecule has 0 radical (unpaired) electrons. The summed E-state index contributed by atoms with van der Waals surface area (Å²) in [5.41, 5.74) is 4.06. The summed E-state index contributed by atoms with van der Waals surface area (Å²) in [6.07, 6.45) is -3.09. The number of para-hydroxylation sites is 1. The smallest absolute Gasteiger partial charge is 0.459 e. The summed E-state index contributed by atoms with van der Waals surface area (Å²) in [5.74, 6) is -0.170. The lowest BCUT2D eigenvalue weighted by Crippen LogP contribution is -2.41. The van der Waals surface area contributed by atoms with Crippen molar-refractivity contribution in [1.29, 1.82) is 0 Å². The van der Waals surface area contributed by atoms with Gasteiger partial charge in [-0.2, -0.15) is 15.1 Å². The lowest BCUT2D eigenvalue weighted by atomic mass is 9.98. The van der Waals surface area contributed by atoms with E-state index in [1.807, 2.05) is 0 Å². The van der Waals surface area contributed by atoms with E-state index >= 15 is 4.39 Å². The fourth-order valence-corrected chi connectivity index (χ4v) is 5.60. The number of rotatable bonds is 10. The maximum absolute atomic E-state index is 16.0. The number of esters is 1. The highest BCUT2D eigenvalue weighted by Gasteiger charge is 2.56. The number of methoxy groups -OCH3 is 1.